The summed E-state index contributed by atoms with van der Waals surface area (Å²) in [5.41, 5.74) is 1.67. The molecule has 3 aromatic rings. The third-order valence-corrected chi connectivity index (χ3v) is 3.28. The van der Waals surface area contributed by atoms with Crippen LogP contribution >= 0.6 is 0 Å². The highest BCUT2D eigenvalue weighted by Crippen LogP contribution is 2.33. The molecule has 0 bridgehead atoms. The minimum atomic E-state index is -0.542. The van der Waals surface area contributed by atoms with Gasteiger partial charge in [-0.3, -0.25) is 0 Å². The maximum Gasteiger partial charge on any atom is 0.344 e. The van der Waals surface area contributed by atoms with E-state index in [1.165, 1.54) is 0 Å². The fourth-order valence-corrected chi connectivity index (χ4v) is 2.36. The van der Waals surface area contributed by atoms with Crippen molar-refractivity contribution in [3.05, 3.63) is 48.5 Å². The van der Waals surface area contributed by atoms with Crippen molar-refractivity contribution in [2.45, 2.75) is 26.4 Å². The smallest absolute Gasteiger partial charge is 0.344 e. The van der Waals surface area contributed by atoms with Crippen molar-refractivity contribution in [1.82, 2.24) is 5.16 Å². The van der Waals surface area contributed by atoms with Crippen LogP contribution in [-0.4, -0.2) is 23.3 Å². The van der Waals surface area contributed by atoms with Crippen LogP contribution in [0.3, 0.4) is 0 Å². The Bertz CT molecular complexity index is 847. The van der Waals surface area contributed by atoms with Crippen molar-refractivity contribution < 1.29 is 18.8 Å². The monoisotopic (exact) mass is 325 g/mol. The van der Waals surface area contributed by atoms with E-state index in [1.807, 2.05) is 63.2 Å². The van der Waals surface area contributed by atoms with Crippen LogP contribution in [-0.2, 0) is 9.53 Å². The van der Waals surface area contributed by atoms with Gasteiger partial charge in [-0.25, -0.2) is 4.79 Å². The Morgan fingerprint density at radius 2 is 1.83 bits per heavy atom. The van der Waals surface area contributed by atoms with Crippen LogP contribution < -0.4 is 4.74 Å². The molecule has 0 spiro atoms. The van der Waals surface area contributed by atoms with Crippen molar-refractivity contribution in [1.29, 1.82) is 0 Å². The van der Waals surface area contributed by atoms with Crippen LogP contribution in [0.15, 0.2) is 53.1 Å². The summed E-state index contributed by atoms with van der Waals surface area (Å²) in [6.07, 6.45) is 0. The second-order valence-electron chi connectivity index (χ2n) is 6.41. The van der Waals surface area contributed by atoms with E-state index in [2.05, 4.69) is 5.16 Å². The summed E-state index contributed by atoms with van der Waals surface area (Å²) in [5.74, 6) is 0.0374. The molecule has 2 aromatic carbocycles. The summed E-state index contributed by atoms with van der Waals surface area (Å²) in [6, 6.07) is 15.3. The highest BCUT2D eigenvalue weighted by molar-refractivity contribution is 5.94. The highest BCUT2D eigenvalue weighted by Gasteiger charge is 2.18. The number of ether oxygens (including phenoxy) is 2. The van der Waals surface area contributed by atoms with Gasteiger partial charge in [-0.2, -0.15) is 0 Å². The van der Waals surface area contributed by atoms with Gasteiger partial charge in [0, 0.05) is 5.56 Å². The Hall–Kier alpha value is -2.82. The summed E-state index contributed by atoms with van der Waals surface area (Å²) >= 11 is 0. The maximum atomic E-state index is 11.8. The molecule has 24 heavy (non-hydrogen) atoms. The number of carbonyl (C=O) groups excluding carboxylic acids is 1. The number of esters is 1. The van der Waals surface area contributed by atoms with Gasteiger partial charge in [0.25, 0.3) is 0 Å². The number of fused-ring (bicyclic) bond motifs is 1. The number of benzene rings is 2. The minimum Gasteiger partial charge on any atom is -0.478 e. The standard InChI is InChI=1S/C19H19NO4/c1-19(2,3)23-16(21)12-22-15-11-7-10-14-17(20-24-18(14)15)13-8-5-4-6-9-13/h4-11H,12H2,1-3H3. The second-order valence-corrected chi connectivity index (χ2v) is 6.41. The first kappa shape index (κ1) is 16.1. The van der Waals surface area contributed by atoms with E-state index >= 15 is 0 Å². The minimum absolute atomic E-state index is 0.183. The molecule has 0 atom stereocenters. The molecule has 0 radical (unpaired) electrons. The van der Waals surface area contributed by atoms with Gasteiger partial charge >= 0.3 is 5.97 Å². The fourth-order valence-electron chi connectivity index (χ4n) is 2.36. The molecule has 124 valence electrons. The molecule has 0 unspecified atom stereocenters. The number of nitrogens with zero attached hydrogens (tertiary/aromatic N) is 1. The van der Waals surface area contributed by atoms with Crippen molar-refractivity contribution in [3.8, 4) is 17.0 Å². The lowest BCUT2D eigenvalue weighted by atomic mass is 10.1. The van der Waals surface area contributed by atoms with Crippen LogP contribution in [0.5, 0.6) is 5.75 Å². The van der Waals surface area contributed by atoms with Gasteiger partial charge in [0.2, 0.25) is 5.58 Å². The molecule has 3 rings (SSSR count). The van der Waals surface area contributed by atoms with Crippen LogP contribution in [0.2, 0.25) is 0 Å². The van der Waals surface area contributed by atoms with Crippen LogP contribution in [0, 0.1) is 0 Å². The third-order valence-electron chi connectivity index (χ3n) is 3.28. The predicted molar refractivity (Wildman–Crippen MR) is 90.8 cm³/mol. The predicted octanol–water partition coefficient (Wildman–Crippen LogP) is 4.22. The summed E-state index contributed by atoms with van der Waals surface area (Å²) in [5, 5.41) is 4.98. The normalized spacial score (nSPS) is 11.5. The van der Waals surface area contributed by atoms with Gasteiger partial charge in [-0.1, -0.05) is 41.6 Å². The van der Waals surface area contributed by atoms with Crippen molar-refractivity contribution in [2.75, 3.05) is 6.61 Å². The molecule has 0 N–H and O–H groups in total. The van der Waals surface area contributed by atoms with Gasteiger partial charge < -0.3 is 14.0 Å². The molecule has 1 aromatic heterocycles. The highest BCUT2D eigenvalue weighted by atomic mass is 16.6. The van der Waals surface area contributed by atoms with Gasteiger partial charge in [0.05, 0.1) is 5.39 Å². The average molecular weight is 325 g/mol. The molecule has 0 fully saturated rings. The first-order valence-electron chi connectivity index (χ1n) is 7.72. The zero-order valence-electron chi connectivity index (χ0n) is 13.9. The molecule has 5 heteroatoms. The SMILES string of the molecule is CC(C)(C)OC(=O)COc1cccc2c(-c3ccccc3)noc12. The van der Waals surface area contributed by atoms with Crippen molar-refractivity contribution >= 4 is 16.9 Å². The van der Waals surface area contributed by atoms with Gasteiger partial charge in [0.15, 0.2) is 12.4 Å². The summed E-state index contributed by atoms with van der Waals surface area (Å²) in [6.45, 7) is 5.26. The fraction of sp³-hybridized carbons (Fsp3) is 0.263. The first-order valence-corrected chi connectivity index (χ1v) is 7.72. The van der Waals surface area contributed by atoms with Crippen molar-refractivity contribution in [2.24, 2.45) is 0 Å². The molecule has 0 aliphatic carbocycles. The van der Waals surface area contributed by atoms with E-state index in [4.69, 9.17) is 14.0 Å². The van der Waals surface area contributed by atoms with Gasteiger partial charge in [0.1, 0.15) is 11.3 Å². The molecule has 0 aliphatic rings. The maximum absolute atomic E-state index is 11.8. The average Bonchev–Trinajstić information content (AvgIpc) is 2.96. The van der Waals surface area contributed by atoms with Gasteiger partial charge in [-0.15, -0.1) is 0 Å². The number of para-hydroxylation sites is 1. The van der Waals surface area contributed by atoms with E-state index in [0.717, 1.165) is 16.6 Å². The zero-order chi connectivity index (χ0) is 17.2. The Morgan fingerprint density at radius 3 is 2.54 bits per heavy atom. The Morgan fingerprint density at radius 1 is 1.08 bits per heavy atom. The molecule has 1 heterocycles. The molecule has 0 aliphatic heterocycles. The number of carbonyl (C=O) groups is 1. The van der Waals surface area contributed by atoms with Crippen LogP contribution in [0.1, 0.15) is 20.8 Å². The van der Waals surface area contributed by atoms with Crippen LogP contribution in [0.4, 0.5) is 0 Å². The summed E-state index contributed by atoms with van der Waals surface area (Å²) < 4.78 is 16.2. The molecular weight excluding hydrogens is 306 g/mol. The largest absolute Gasteiger partial charge is 0.478 e. The first-order chi connectivity index (χ1) is 11.4. The topological polar surface area (TPSA) is 61.6 Å². The summed E-state index contributed by atoms with van der Waals surface area (Å²) in [4.78, 5) is 11.8. The van der Waals surface area contributed by atoms with E-state index in [9.17, 15) is 4.79 Å². The molecular formula is C19H19NO4. The zero-order valence-corrected chi connectivity index (χ0v) is 13.9. The van der Waals surface area contributed by atoms with E-state index in [-0.39, 0.29) is 6.61 Å². The second kappa shape index (κ2) is 6.35. The van der Waals surface area contributed by atoms with Crippen LogP contribution in [0.25, 0.3) is 22.2 Å². The van der Waals surface area contributed by atoms with E-state index < -0.39 is 11.6 Å². The Labute approximate surface area is 140 Å². The number of hydrogen-bond donors (Lipinski definition) is 0. The quantitative estimate of drug-likeness (QED) is 0.672. The lowest BCUT2D eigenvalue weighted by molar-refractivity contribution is -0.157. The molecule has 5 nitrogen and oxygen atoms in total. The lowest BCUT2D eigenvalue weighted by Crippen LogP contribution is -2.27. The Kier molecular flexibility index (Phi) is 4.25. The van der Waals surface area contributed by atoms with Crippen molar-refractivity contribution in [3.63, 3.8) is 0 Å². The number of hydrogen-bond acceptors (Lipinski definition) is 5. The Balaban J connectivity index is 1.83. The van der Waals surface area contributed by atoms with E-state index in [0.29, 0.717) is 11.3 Å². The molecule has 0 saturated heterocycles. The summed E-state index contributed by atoms with van der Waals surface area (Å²) in [7, 11) is 0. The lowest BCUT2D eigenvalue weighted by Gasteiger charge is -2.19. The van der Waals surface area contributed by atoms with E-state index in [1.54, 1.807) is 6.07 Å². The molecule has 0 saturated carbocycles. The number of aromatic nitrogens is 1. The van der Waals surface area contributed by atoms with Gasteiger partial charge in [-0.05, 0) is 32.9 Å². The molecule has 0 amide bonds. The third kappa shape index (κ3) is 3.56. The number of rotatable bonds is 4.